The van der Waals surface area contributed by atoms with Crippen LogP contribution >= 0.6 is 23.2 Å². The van der Waals surface area contributed by atoms with Gasteiger partial charge in [-0.1, -0.05) is 29.3 Å². The van der Waals surface area contributed by atoms with E-state index in [1.54, 1.807) is 18.2 Å². The van der Waals surface area contributed by atoms with Gasteiger partial charge < -0.3 is 16.7 Å². The number of guanidine groups is 1. The second kappa shape index (κ2) is 8.09. The van der Waals surface area contributed by atoms with Crippen molar-refractivity contribution in [3.8, 4) is 0 Å². The van der Waals surface area contributed by atoms with Gasteiger partial charge in [0.2, 0.25) is 5.96 Å². The van der Waals surface area contributed by atoms with Crippen molar-refractivity contribution in [1.29, 1.82) is 0 Å². The van der Waals surface area contributed by atoms with Crippen molar-refractivity contribution in [2.24, 2.45) is 21.7 Å². The predicted octanol–water partition coefficient (Wildman–Crippen LogP) is 1.25. The molecule has 0 amide bonds. The van der Waals surface area contributed by atoms with E-state index < -0.39 is 5.09 Å². The molecule has 0 aliphatic heterocycles. The first-order chi connectivity index (χ1) is 8.32. The Morgan fingerprint density at radius 3 is 2.39 bits per heavy atom. The molecule has 0 bridgehead atoms. The lowest BCUT2D eigenvalue weighted by Gasteiger charge is -1.95. The summed E-state index contributed by atoms with van der Waals surface area (Å²) in [6, 6.07) is 5.08. The molecule has 0 aromatic heterocycles. The molecule has 0 saturated carbocycles. The number of benzene rings is 1. The van der Waals surface area contributed by atoms with Gasteiger partial charge in [-0.2, -0.15) is 5.10 Å². The minimum Gasteiger partial charge on any atom is -0.369 e. The topological polar surface area (TPSA) is 140 Å². The second-order valence-corrected chi connectivity index (χ2v) is 3.50. The van der Waals surface area contributed by atoms with Gasteiger partial charge in [-0.15, -0.1) is 15.2 Å². The summed E-state index contributed by atoms with van der Waals surface area (Å²) in [5, 5.41) is 21.6. The van der Waals surface area contributed by atoms with Crippen LogP contribution in [0, 0.1) is 10.1 Å². The minimum absolute atomic E-state index is 0.0960. The summed E-state index contributed by atoms with van der Waals surface area (Å²) in [5.41, 5.74) is 10.9. The number of rotatable bonds is 2. The zero-order valence-electron chi connectivity index (χ0n) is 8.83. The molecular formula is C8H9Cl2N5O3. The molecule has 5 N–H and O–H groups in total. The molecule has 10 heteroatoms. The van der Waals surface area contributed by atoms with Gasteiger partial charge >= 0.3 is 0 Å². The fourth-order valence-corrected chi connectivity index (χ4v) is 1.06. The highest BCUT2D eigenvalue weighted by molar-refractivity contribution is 6.42. The maximum atomic E-state index is 8.36. The third kappa shape index (κ3) is 8.13. The summed E-state index contributed by atoms with van der Waals surface area (Å²) in [4.78, 5) is 8.36. The van der Waals surface area contributed by atoms with E-state index >= 15 is 0 Å². The van der Waals surface area contributed by atoms with E-state index in [4.69, 9.17) is 50.0 Å². The number of hydrogen-bond acceptors (Lipinski definition) is 4. The zero-order valence-corrected chi connectivity index (χ0v) is 10.3. The Balaban J connectivity index is 0.000000631. The lowest BCUT2D eigenvalue weighted by molar-refractivity contribution is -0.742. The average Bonchev–Trinajstić information content (AvgIpc) is 2.22. The Kier molecular flexibility index (Phi) is 7.17. The first-order valence-corrected chi connectivity index (χ1v) is 4.98. The van der Waals surface area contributed by atoms with Crippen molar-refractivity contribution in [2.75, 3.05) is 0 Å². The Hall–Kier alpha value is -2.06. The van der Waals surface area contributed by atoms with Crippen molar-refractivity contribution < 1.29 is 10.3 Å². The van der Waals surface area contributed by atoms with E-state index in [0.717, 1.165) is 5.56 Å². The van der Waals surface area contributed by atoms with E-state index in [9.17, 15) is 0 Å². The van der Waals surface area contributed by atoms with Crippen LogP contribution in [0.5, 0.6) is 0 Å². The van der Waals surface area contributed by atoms with Crippen molar-refractivity contribution >= 4 is 35.4 Å². The normalized spacial score (nSPS) is 9.44. The van der Waals surface area contributed by atoms with Crippen LogP contribution in [0.25, 0.3) is 0 Å². The van der Waals surface area contributed by atoms with Crippen LogP contribution in [0.15, 0.2) is 28.4 Å². The number of hydrogen-bond donors (Lipinski definition) is 3. The Labute approximate surface area is 112 Å². The molecule has 0 aliphatic carbocycles. The monoisotopic (exact) mass is 293 g/mol. The quantitative estimate of drug-likeness (QED) is 0.326. The lowest BCUT2D eigenvalue weighted by atomic mass is 10.2. The maximum absolute atomic E-state index is 8.36. The molecule has 0 fully saturated rings. The summed E-state index contributed by atoms with van der Waals surface area (Å²) in [6.07, 6.45) is 1.47. The standard InChI is InChI=1S/C8H8Cl2N4.HNO3/c9-6-2-1-5(3-7(6)10)4-13-14-8(11)12;2-1(3)4/h1-4H,(H4,11,12,14);(H,2,3,4)/b13-4+;. The van der Waals surface area contributed by atoms with E-state index in [2.05, 4.69) is 10.2 Å². The first-order valence-electron chi connectivity index (χ1n) is 4.23. The SMILES string of the molecule is NC(N)=N/N=C/c1ccc(Cl)c(Cl)c1.O=[N+]([O-])O. The lowest BCUT2D eigenvalue weighted by Crippen LogP contribution is -2.21. The van der Waals surface area contributed by atoms with E-state index in [0.29, 0.717) is 10.0 Å². The Bertz CT molecular complexity index is 470. The van der Waals surface area contributed by atoms with Gasteiger partial charge in [0.25, 0.3) is 5.09 Å². The summed E-state index contributed by atoms with van der Waals surface area (Å²) < 4.78 is 0. The summed E-state index contributed by atoms with van der Waals surface area (Å²) in [6.45, 7) is 0. The summed E-state index contributed by atoms with van der Waals surface area (Å²) in [7, 11) is 0. The fraction of sp³-hybridized carbons (Fsp3) is 0. The molecule has 0 saturated heterocycles. The van der Waals surface area contributed by atoms with Crippen LogP contribution in [0.2, 0.25) is 10.0 Å². The average molecular weight is 294 g/mol. The predicted molar refractivity (Wildman–Crippen MR) is 68.6 cm³/mol. The molecule has 0 atom stereocenters. The van der Waals surface area contributed by atoms with E-state index in [1.807, 2.05) is 0 Å². The van der Waals surface area contributed by atoms with E-state index in [1.165, 1.54) is 6.21 Å². The highest BCUT2D eigenvalue weighted by Gasteiger charge is 1.96. The molecule has 0 spiro atoms. The van der Waals surface area contributed by atoms with Crippen molar-refractivity contribution in [3.63, 3.8) is 0 Å². The van der Waals surface area contributed by atoms with Gasteiger partial charge in [-0.3, -0.25) is 0 Å². The first kappa shape index (κ1) is 15.9. The molecule has 0 aliphatic rings. The highest BCUT2D eigenvalue weighted by Crippen LogP contribution is 2.21. The highest BCUT2D eigenvalue weighted by atomic mass is 35.5. The van der Waals surface area contributed by atoms with Gasteiger partial charge in [-0.05, 0) is 17.7 Å². The molecular weight excluding hydrogens is 285 g/mol. The maximum Gasteiger partial charge on any atom is 0.291 e. The van der Waals surface area contributed by atoms with Gasteiger partial charge in [0.15, 0.2) is 0 Å². The number of nitrogens with two attached hydrogens (primary N) is 2. The summed E-state index contributed by atoms with van der Waals surface area (Å²) in [5.74, 6) is -0.0960. The largest absolute Gasteiger partial charge is 0.369 e. The zero-order chi connectivity index (χ0) is 14.1. The minimum atomic E-state index is -1.50. The third-order valence-corrected chi connectivity index (χ3v) is 2.06. The molecule has 0 heterocycles. The van der Waals surface area contributed by atoms with Crippen molar-refractivity contribution in [1.82, 2.24) is 0 Å². The molecule has 1 rings (SSSR count). The molecule has 8 nitrogen and oxygen atoms in total. The third-order valence-electron chi connectivity index (χ3n) is 1.32. The molecule has 1 aromatic carbocycles. The number of nitrogens with zero attached hydrogens (tertiary/aromatic N) is 3. The molecule has 98 valence electrons. The number of halogens is 2. The van der Waals surface area contributed by atoms with Crippen LogP contribution in [0.3, 0.4) is 0 Å². The molecule has 1 aromatic rings. The smallest absolute Gasteiger partial charge is 0.291 e. The van der Waals surface area contributed by atoms with Crippen LogP contribution in [-0.2, 0) is 0 Å². The van der Waals surface area contributed by atoms with Crippen LogP contribution in [0.1, 0.15) is 5.56 Å². The summed E-state index contributed by atoms with van der Waals surface area (Å²) >= 11 is 11.5. The van der Waals surface area contributed by atoms with Crippen molar-refractivity contribution in [3.05, 3.63) is 43.9 Å². The van der Waals surface area contributed by atoms with Crippen LogP contribution in [0.4, 0.5) is 0 Å². The molecule has 0 unspecified atom stereocenters. The Morgan fingerprint density at radius 2 is 1.94 bits per heavy atom. The van der Waals surface area contributed by atoms with Gasteiger partial charge in [0.05, 0.1) is 16.3 Å². The van der Waals surface area contributed by atoms with Gasteiger partial charge in [0.1, 0.15) is 0 Å². The van der Waals surface area contributed by atoms with Gasteiger partial charge in [-0.25, -0.2) is 0 Å². The van der Waals surface area contributed by atoms with Gasteiger partial charge in [0, 0.05) is 0 Å². The molecule has 0 radical (unpaired) electrons. The second-order valence-electron chi connectivity index (χ2n) is 2.68. The van der Waals surface area contributed by atoms with E-state index in [-0.39, 0.29) is 5.96 Å². The van der Waals surface area contributed by atoms with Crippen molar-refractivity contribution in [2.45, 2.75) is 0 Å². The van der Waals surface area contributed by atoms with Crippen LogP contribution in [-0.4, -0.2) is 22.5 Å². The van der Waals surface area contributed by atoms with Crippen LogP contribution < -0.4 is 11.5 Å². The fourth-order valence-electron chi connectivity index (χ4n) is 0.755. The Morgan fingerprint density at radius 1 is 1.39 bits per heavy atom. The molecule has 18 heavy (non-hydrogen) atoms.